The maximum atomic E-state index is 14.7. The van der Waals surface area contributed by atoms with Gasteiger partial charge in [-0.15, -0.1) is 0 Å². The van der Waals surface area contributed by atoms with Gasteiger partial charge in [0.25, 0.3) is 11.8 Å². The zero-order valence-electron chi connectivity index (χ0n) is 25.9. The summed E-state index contributed by atoms with van der Waals surface area (Å²) in [5.74, 6) is -0.406. The molecule has 0 aliphatic carbocycles. The highest BCUT2D eigenvalue weighted by molar-refractivity contribution is 6.51. The molecule has 7 rings (SSSR count). The first-order valence-electron chi connectivity index (χ1n) is 16.4. The lowest BCUT2D eigenvalue weighted by Crippen LogP contribution is -2.31. The molecular weight excluding hydrogens is 542 g/mol. The molecule has 5 nitrogen and oxygen atoms in total. The molecule has 44 heavy (non-hydrogen) atoms. The SMILES string of the molecule is Cc1c2c3ccccc3n1CCCCCCCCCCn1c(C)c(c3ccccc31)C1=C2C(=O)N(Cc2ccccc2)C1=O. The Balaban J connectivity index is 1.50. The van der Waals surface area contributed by atoms with Crippen molar-refractivity contribution in [3.8, 4) is 0 Å². The Bertz CT molecular complexity index is 1790. The van der Waals surface area contributed by atoms with Crippen molar-refractivity contribution in [3.05, 3.63) is 107 Å². The first kappa shape index (κ1) is 28.4. The van der Waals surface area contributed by atoms with Crippen molar-refractivity contribution in [2.75, 3.05) is 0 Å². The number of fused-ring (bicyclic) bond motifs is 12. The summed E-state index contributed by atoms with van der Waals surface area (Å²) < 4.78 is 4.76. The fraction of sp³-hybridized carbons (Fsp3) is 0.333. The molecular formula is C39H41N3O2. The third-order valence-electron chi connectivity index (χ3n) is 9.83. The zero-order valence-corrected chi connectivity index (χ0v) is 25.9. The van der Waals surface area contributed by atoms with Crippen LogP contribution < -0.4 is 0 Å². The monoisotopic (exact) mass is 583 g/mol. The van der Waals surface area contributed by atoms with Crippen molar-refractivity contribution >= 4 is 44.8 Å². The summed E-state index contributed by atoms with van der Waals surface area (Å²) in [6.45, 7) is 6.32. The van der Waals surface area contributed by atoms with Gasteiger partial charge < -0.3 is 9.13 Å². The molecule has 0 atom stereocenters. The topological polar surface area (TPSA) is 47.2 Å². The molecule has 2 amide bonds. The minimum atomic E-state index is -0.203. The zero-order chi connectivity index (χ0) is 30.2. The van der Waals surface area contributed by atoms with Crippen LogP contribution in [-0.2, 0) is 29.2 Å². The molecule has 2 aliphatic rings. The van der Waals surface area contributed by atoms with Gasteiger partial charge >= 0.3 is 0 Å². The molecule has 2 aliphatic heterocycles. The number of amides is 2. The molecule has 0 saturated heterocycles. The highest BCUT2D eigenvalue weighted by Crippen LogP contribution is 2.45. The molecule has 4 heterocycles. The van der Waals surface area contributed by atoms with Crippen molar-refractivity contribution in [2.24, 2.45) is 0 Å². The number of hydrogen-bond donors (Lipinski definition) is 0. The average Bonchev–Trinajstić information content (AvgIpc) is 3.57. The van der Waals surface area contributed by atoms with Crippen LogP contribution in [-0.4, -0.2) is 25.8 Å². The number of imide groups is 1. The van der Waals surface area contributed by atoms with Gasteiger partial charge in [-0.25, -0.2) is 0 Å². The van der Waals surface area contributed by atoms with Crippen LogP contribution in [0.1, 0.15) is 79.4 Å². The number of aromatic nitrogens is 2. The fourth-order valence-corrected chi connectivity index (χ4v) is 7.62. The number of rotatable bonds is 2. The number of para-hydroxylation sites is 2. The second kappa shape index (κ2) is 12.0. The Morgan fingerprint density at radius 1 is 0.523 bits per heavy atom. The Kier molecular flexibility index (Phi) is 7.71. The Morgan fingerprint density at radius 2 is 0.932 bits per heavy atom. The molecule has 0 unspecified atom stereocenters. The van der Waals surface area contributed by atoms with Gasteiger partial charge in [0.15, 0.2) is 0 Å². The van der Waals surface area contributed by atoms with E-state index in [1.54, 1.807) is 0 Å². The highest BCUT2D eigenvalue weighted by atomic mass is 16.2. The van der Waals surface area contributed by atoms with Crippen LogP contribution in [0.5, 0.6) is 0 Å². The quantitative estimate of drug-likeness (QED) is 0.195. The van der Waals surface area contributed by atoms with Crippen LogP contribution in [0.25, 0.3) is 33.0 Å². The van der Waals surface area contributed by atoms with Gasteiger partial charge in [0.1, 0.15) is 0 Å². The lowest BCUT2D eigenvalue weighted by Gasteiger charge is -2.15. The summed E-state index contributed by atoms with van der Waals surface area (Å²) >= 11 is 0. The van der Waals surface area contributed by atoms with E-state index in [0.29, 0.717) is 11.1 Å². The molecule has 0 radical (unpaired) electrons. The van der Waals surface area contributed by atoms with Gasteiger partial charge in [-0.3, -0.25) is 14.5 Å². The van der Waals surface area contributed by atoms with Gasteiger partial charge in [-0.05, 0) is 44.4 Å². The molecule has 0 saturated carbocycles. The molecule has 224 valence electrons. The molecule has 0 spiro atoms. The van der Waals surface area contributed by atoms with Crippen molar-refractivity contribution in [1.82, 2.24) is 14.0 Å². The number of aryl methyl sites for hydroxylation is 2. The van der Waals surface area contributed by atoms with E-state index in [2.05, 4.69) is 59.4 Å². The van der Waals surface area contributed by atoms with E-state index in [-0.39, 0.29) is 18.4 Å². The largest absolute Gasteiger partial charge is 0.344 e. The standard InChI is InChI=1S/C39H41N3O2/c1-27-34-30-20-12-14-22-32(30)40(27)24-16-7-5-3-4-6-8-17-25-41-28(2)35(31-21-13-15-23-33(31)41)37-36(34)38(43)42(39(37)44)26-29-18-10-9-11-19-29/h9-15,18-23H,3-8,16-17,24-26H2,1-2H3. The Hall–Kier alpha value is -4.38. The summed E-state index contributed by atoms with van der Waals surface area (Å²) in [6, 6.07) is 26.7. The summed E-state index contributed by atoms with van der Waals surface area (Å²) in [5.41, 5.74) is 8.22. The van der Waals surface area contributed by atoms with Crippen molar-refractivity contribution in [2.45, 2.75) is 84.8 Å². The van der Waals surface area contributed by atoms with Gasteiger partial charge in [-0.2, -0.15) is 0 Å². The maximum Gasteiger partial charge on any atom is 0.262 e. The van der Waals surface area contributed by atoms with Crippen molar-refractivity contribution in [3.63, 3.8) is 0 Å². The van der Waals surface area contributed by atoms with Gasteiger partial charge in [-0.1, -0.05) is 105 Å². The van der Waals surface area contributed by atoms with E-state index in [1.807, 2.05) is 42.5 Å². The van der Waals surface area contributed by atoms with Crippen LogP contribution >= 0.6 is 0 Å². The van der Waals surface area contributed by atoms with Crippen LogP contribution in [0, 0.1) is 13.8 Å². The maximum absolute atomic E-state index is 14.7. The lowest BCUT2D eigenvalue weighted by molar-refractivity contribution is -0.136. The van der Waals surface area contributed by atoms with E-state index in [4.69, 9.17) is 0 Å². The second-order valence-electron chi connectivity index (χ2n) is 12.5. The first-order valence-corrected chi connectivity index (χ1v) is 16.4. The van der Waals surface area contributed by atoms with Gasteiger partial charge in [0.2, 0.25) is 0 Å². The number of carbonyl (C=O) groups excluding carboxylic acids is 2. The number of nitrogens with zero attached hydrogens (tertiary/aromatic N) is 3. The summed E-state index contributed by atoms with van der Waals surface area (Å²) in [4.78, 5) is 30.8. The number of carbonyl (C=O) groups is 2. The molecule has 2 aromatic heterocycles. The Labute approximate surface area is 259 Å². The minimum Gasteiger partial charge on any atom is -0.344 e. The summed E-state index contributed by atoms with van der Waals surface area (Å²) in [7, 11) is 0. The minimum absolute atomic E-state index is 0.203. The van der Waals surface area contributed by atoms with Gasteiger partial charge in [0.05, 0.1) is 17.7 Å². The number of hydrogen-bond acceptors (Lipinski definition) is 2. The van der Waals surface area contributed by atoms with E-state index in [0.717, 1.165) is 75.8 Å². The Morgan fingerprint density at radius 3 is 1.41 bits per heavy atom. The number of benzene rings is 3. The third-order valence-corrected chi connectivity index (χ3v) is 9.83. The predicted molar refractivity (Wildman–Crippen MR) is 179 cm³/mol. The van der Waals surface area contributed by atoms with E-state index >= 15 is 0 Å². The van der Waals surface area contributed by atoms with Crippen LogP contribution in [0.3, 0.4) is 0 Å². The van der Waals surface area contributed by atoms with E-state index in [9.17, 15) is 9.59 Å². The van der Waals surface area contributed by atoms with Crippen molar-refractivity contribution < 1.29 is 9.59 Å². The predicted octanol–water partition coefficient (Wildman–Crippen LogP) is 8.83. The second-order valence-corrected chi connectivity index (χ2v) is 12.5. The highest BCUT2D eigenvalue weighted by Gasteiger charge is 2.43. The molecule has 5 aromatic rings. The van der Waals surface area contributed by atoms with Crippen molar-refractivity contribution in [1.29, 1.82) is 0 Å². The van der Waals surface area contributed by atoms with Crippen LogP contribution in [0.15, 0.2) is 78.9 Å². The molecule has 3 aromatic carbocycles. The summed E-state index contributed by atoms with van der Waals surface area (Å²) in [5, 5.41) is 2.08. The first-order chi connectivity index (χ1) is 21.6. The lowest BCUT2D eigenvalue weighted by atomic mass is 9.93. The van der Waals surface area contributed by atoms with E-state index < -0.39 is 0 Å². The van der Waals surface area contributed by atoms with Gasteiger partial charge in [0, 0.05) is 57.4 Å². The smallest absolute Gasteiger partial charge is 0.262 e. The van der Waals surface area contributed by atoms with Crippen LogP contribution in [0.2, 0.25) is 0 Å². The molecule has 0 N–H and O–H groups in total. The normalized spacial score (nSPS) is 16.9. The molecule has 5 heteroatoms. The third kappa shape index (κ3) is 4.79. The molecule has 4 bridgehead atoms. The fourth-order valence-electron chi connectivity index (χ4n) is 7.62. The average molecular weight is 584 g/mol. The van der Waals surface area contributed by atoms with E-state index in [1.165, 1.54) is 43.4 Å². The van der Waals surface area contributed by atoms with Crippen LogP contribution in [0.4, 0.5) is 0 Å². The summed E-state index contributed by atoms with van der Waals surface area (Å²) in [6.07, 6.45) is 9.69. The molecule has 0 fully saturated rings.